The van der Waals surface area contributed by atoms with Gasteiger partial charge in [-0.15, -0.1) is 0 Å². The van der Waals surface area contributed by atoms with Crippen LogP contribution in [0, 0.1) is 17.8 Å². The van der Waals surface area contributed by atoms with Crippen molar-refractivity contribution in [3.8, 4) is 5.75 Å². The van der Waals surface area contributed by atoms with Crippen LogP contribution < -0.4 is 10.1 Å². The molecule has 2 nitrogen and oxygen atoms in total. The van der Waals surface area contributed by atoms with E-state index >= 15 is 0 Å². The van der Waals surface area contributed by atoms with Crippen molar-refractivity contribution in [2.45, 2.75) is 45.1 Å². The molecule has 3 unspecified atom stereocenters. The molecule has 3 atom stereocenters. The topological polar surface area (TPSA) is 21.3 Å². The van der Waals surface area contributed by atoms with Crippen LogP contribution in [0.4, 0.5) is 0 Å². The first-order chi connectivity index (χ1) is 10.3. The molecule has 0 amide bonds. The Morgan fingerprint density at radius 1 is 1.33 bits per heavy atom. The third-order valence-electron chi connectivity index (χ3n) is 5.58. The Bertz CT molecular complexity index is 534. The molecule has 1 aromatic carbocycles. The zero-order valence-electron chi connectivity index (χ0n) is 12.7. The molecular formula is C18H24BrNO. The summed E-state index contributed by atoms with van der Waals surface area (Å²) in [7, 11) is 0. The second-order valence-electron chi connectivity index (χ2n) is 6.85. The van der Waals surface area contributed by atoms with E-state index < -0.39 is 0 Å². The maximum atomic E-state index is 5.98. The minimum atomic E-state index is 0.490. The lowest BCUT2D eigenvalue weighted by Crippen LogP contribution is -2.26. The largest absolute Gasteiger partial charge is 0.493 e. The van der Waals surface area contributed by atoms with Gasteiger partial charge in [-0.1, -0.05) is 29.3 Å². The van der Waals surface area contributed by atoms with Crippen molar-refractivity contribution in [1.82, 2.24) is 5.32 Å². The van der Waals surface area contributed by atoms with E-state index in [1.807, 2.05) is 0 Å². The van der Waals surface area contributed by atoms with Gasteiger partial charge in [0.15, 0.2) is 0 Å². The average molecular weight is 350 g/mol. The first-order valence-electron chi connectivity index (χ1n) is 8.48. The second kappa shape index (κ2) is 5.58. The van der Waals surface area contributed by atoms with Crippen molar-refractivity contribution in [3.05, 3.63) is 27.7 Å². The van der Waals surface area contributed by atoms with Gasteiger partial charge in [-0.05, 0) is 61.3 Å². The smallest absolute Gasteiger partial charge is 0.127 e. The van der Waals surface area contributed by atoms with Gasteiger partial charge in [-0.3, -0.25) is 0 Å². The minimum absolute atomic E-state index is 0.490. The van der Waals surface area contributed by atoms with Crippen LogP contribution in [0.25, 0.3) is 0 Å². The van der Waals surface area contributed by atoms with Gasteiger partial charge >= 0.3 is 0 Å². The van der Waals surface area contributed by atoms with Crippen LogP contribution in [-0.2, 0) is 6.42 Å². The number of fused-ring (bicyclic) bond motifs is 2. The quantitative estimate of drug-likeness (QED) is 0.846. The summed E-state index contributed by atoms with van der Waals surface area (Å²) in [4.78, 5) is 0. The lowest BCUT2D eigenvalue weighted by molar-refractivity contribution is 0.339. The van der Waals surface area contributed by atoms with Crippen LogP contribution in [0.2, 0.25) is 0 Å². The van der Waals surface area contributed by atoms with Gasteiger partial charge < -0.3 is 10.1 Å². The van der Waals surface area contributed by atoms with Crippen LogP contribution in [0.5, 0.6) is 5.75 Å². The fraction of sp³-hybridized carbons (Fsp3) is 0.667. The summed E-state index contributed by atoms with van der Waals surface area (Å²) in [6, 6.07) is 5.02. The molecule has 1 aliphatic heterocycles. The van der Waals surface area contributed by atoms with Crippen LogP contribution in [0.3, 0.4) is 0 Å². The van der Waals surface area contributed by atoms with Gasteiger partial charge in [0.05, 0.1) is 6.61 Å². The zero-order valence-corrected chi connectivity index (χ0v) is 14.3. The van der Waals surface area contributed by atoms with Crippen molar-refractivity contribution in [3.63, 3.8) is 0 Å². The number of ether oxygens (including phenoxy) is 1. The maximum absolute atomic E-state index is 5.98. The summed E-state index contributed by atoms with van der Waals surface area (Å²) in [6.45, 7) is 4.19. The van der Waals surface area contributed by atoms with E-state index in [0.29, 0.717) is 6.04 Å². The number of benzene rings is 1. The molecule has 2 aliphatic carbocycles. The molecule has 0 saturated heterocycles. The van der Waals surface area contributed by atoms with Crippen LogP contribution in [0.1, 0.15) is 49.8 Å². The summed E-state index contributed by atoms with van der Waals surface area (Å²) < 4.78 is 7.19. The molecule has 114 valence electrons. The average Bonchev–Trinajstić information content (AvgIpc) is 2.87. The standard InChI is InChI=1S/C18H24BrNO/c1-2-7-20-17(16-13-4-3-5-14(13)16)15-10-12(19)9-11-6-8-21-18(11)15/h9-10,13-14,16-17,20H,2-8H2,1H3. The first kappa shape index (κ1) is 14.1. The second-order valence-corrected chi connectivity index (χ2v) is 7.77. The van der Waals surface area contributed by atoms with Gasteiger partial charge in [-0.25, -0.2) is 0 Å². The molecular weight excluding hydrogens is 326 g/mol. The van der Waals surface area contributed by atoms with E-state index in [9.17, 15) is 0 Å². The zero-order chi connectivity index (χ0) is 14.4. The Balaban J connectivity index is 1.67. The van der Waals surface area contributed by atoms with Gasteiger partial charge in [-0.2, -0.15) is 0 Å². The molecule has 1 heterocycles. The van der Waals surface area contributed by atoms with E-state index in [1.165, 1.54) is 47.0 Å². The fourth-order valence-corrected chi connectivity index (χ4v) is 5.18. The van der Waals surface area contributed by atoms with Crippen molar-refractivity contribution in [1.29, 1.82) is 0 Å². The molecule has 21 heavy (non-hydrogen) atoms. The van der Waals surface area contributed by atoms with Crippen LogP contribution in [-0.4, -0.2) is 13.2 Å². The highest BCUT2D eigenvalue weighted by Gasteiger charge is 2.56. The fourth-order valence-electron chi connectivity index (χ4n) is 4.65. The van der Waals surface area contributed by atoms with E-state index in [1.54, 1.807) is 0 Å². The number of halogens is 1. The molecule has 1 aromatic rings. The van der Waals surface area contributed by atoms with Crippen LogP contribution >= 0.6 is 15.9 Å². The van der Waals surface area contributed by atoms with Gasteiger partial charge in [0.2, 0.25) is 0 Å². The first-order valence-corrected chi connectivity index (χ1v) is 9.27. The highest BCUT2D eigenvalue weighted by molar-refractivity contribution is 9.10. The lowest BCUT2D eigenvalue weighted by Gasteiger charge is -2.23. The Morgan fingerprint density at radius 2 is 2.14 bits per heavy atom. The van der Waals surface area contributed by atoms with Crippen molar-refractivity contribution < 1.29 is 4.74 Å². The van der Waals surface area contributed by atoms with Gasteiger partial charge in [0, 0.05) is 22.5 Å². The van der Waals surface area contributed by atoms with Gasteiger partial charge in [0.25, 0.3) is 0 Å². The normalized spacial score (nSPS) is 30.7. The highest BCUT2D eigenvalue weighted by atomic mass is 79.9. The minimum Gasteiger partial charge on any atom is -0.493 e. The predicted molar refractivity (Wildman–Crippen MR) is 88.7 cm³/mol. The molecule has 2 saturated carbocycles. The molecule has 0 aromatic heterocycles. The van der Waals surface area contributed by atoms with E-state index in [0.717, 1.165) is 37.3 Å². The highest BCUT2D eigenvalue weighted by Crippen LogP contribution is 2.63. The molecule has 0 spiro atoms. The summed E-state index contributed by atoms with van der Waals surface area (Å²) in [5, 5.41) is 3.83. The van der Waals surface area contributed by atoms with E-state index in [4.69, 9.17) is 4.74 Å². The van der Waals surface area contributed by atoms with Gasteiger partial charge in [0.1, 0.15) is 5.75 Å². The summed E-state index contributed by atoms with van der Waals surface area (Å²) in [6.07, 6.45) is 6.57. The van der Waals surface area contributed by atoms with Crippen molar-refractivity contribution in [2.24, 2.45) is 17.8 Å². The summed E-state index contributed by atoms with van der Waals surface area (Å²) >= 11 is 3.70. The molecule has 3 heteroatoms. The Labute approximate surface area is 135 Å². The predicted octanol–water partition coefficient (Wildman–Crippen LogP) is 4.47. The van der Waals surface area contributed by atoms with Crippen molar-refractivity contribution in [2.75, 3.05) is 13.2 Å². The van der Waals surface area contributed by atoms with Crippen molar-refractivity contribution >= 4 is 15.9 Å². The monoisotopic (exact) mass is 349 g/mol. The number of nitrogens with one attached hydrogen (secondary N) is 1. The Kier molecular flexibility index (Phi) is 3.74. The van der Waals surface area contributed by atoms with E-state index in [-0.39, 0.29) is 0 Å². The lowest BCUT2D eigenvalue weighted by atomic mass is 9.94. The summed E-state index contributed by atoms with van der Waals surface area (Å²) in [5.74, 6) is 3.95. The Morgan fingerprint density at radius 3 is 2.90 bits per heavy atom. The number of hydrogen-bond donors (Lipinski definition) is 1. The maximum Gasteiger partial charge on any atom is 0.127 e. The van der Waals surface area contributed by atoms with Crippen LogP contribution in [0.15, 0.2) is 16.6 Å². The number of hydrogen-bond acceptors (Lipinski definition) is 2. The molecule has 4 rings (SSSR count). The van der Waals surface area contributed by atoms with E-state index in [2.05, 4.69) is 40.3 Å². The molecule has 3 aliphatic rings. The Hall–Kier alpha value is -0.540. The number of rotatable bonds is 5. The molecule has 0 radical (unpaired) electrons. The SMILES string of the molecule is CCCNC(c1cc(Br)cc2c1OCC2)C1C2CCCC21. The molecule has 2 fully saturated rings. The summed E-state index contributed by atoms with van der Waals surface area (Å²) in [5.41, 5.74) is 2.79. The molecule has 1 N–H and O–H groups in total. The third kappa shape index (κ3) is 2.43. The third-order valence-corrected chi connectivity index (χ3v) is 6.04. The molecule has 0 bridgehead atoms.